The molecule has 1 aliphatic heterocycles. The van der Waals surface area contributed by atoms with Crippen molar-refractivity contribution in [2.24, 2.45) is 0 Å². The number of carbonyl (C=O) groups is 1. The fourth-order valence-electron chi connectivity index (χ4n) is 2.99. The van der Waals surface area contributed by atoms with Crippen LogP contribution in [0.1, 0.15) is 13.3 Å². The summed E-state index contributed by atoms with van der Waals surface area (Å²) in [6, 6.07) is 7.37. The first kappa shape index (κ1) is 16.5. The fraction of sp³-hybridized carbons (Fsp3) is 0.444. The lowest BCUT2D eigenvalue weighted by Crippen LogP contribution is -2.46. The highest BCUT2D eigenvalue weighted by molar-refractivity contribution is 5.83. The van der Waals surface area contributed by atoms with E-state index in [9.17, 15) is 9.59 Å². The van der Waals surface area contributed by atoms with E-state index in [0.29, 0.717) is 25.0 Å². The van der Waals surface area contributed by atoms with Crippen molar-refractivity contribution in [1.29, 1.82) is 0 Å². The Balaban J connectivity index is 1.73. The van der Waals surface area contributed by atoms with Crippen LogP contribution in [0, 0.1) is 0 Å². The first-order valence-electron chi connectivity index (χ1n) is 8.43. The first-order chi connectivity index (χ1) is 11.7. The topological polar surface area (TPSA) is 63.6 Å². The number of piperazine rings is 1. The van der Waals surface area contributed by atoms with Crippen LogP contribution in [0.25, 0.3) is 10.8 Å². The van der Waals surface area contributed by atoms with E-state index in [1.807, 2.05) is 30.0 Å². The van der Waals surface area contributed by atoms with Crippen LogP contribution in [-0.4, -0.2) is 48.2 Å². The summed E-state index contributed by atoms with van der Waals surface area (Å²) >= 11 is 0. The molecule has 128 valence electrons. The van der Waals surface area contributed by atoms with Gasteiger partial charge in [-0.25, -0.2) is 0 Å². The van der Waals surface area contributed by atoms with E-state index >= 15 is 0 Å². The van der Waals surface area contributed by atoms with Gasteiger partial charge in [0.25, 0.3) is 5.56 Å². The third kappa shape index (κ3) is 3.59. The molecule has 1 aromatic heterocycles. The molecule has 0 radical (unpaired) electrons. The second-order valence-corrected chi connectivity index (χ2v) is 5.88. The van der Waals surface area contributed by atoms with E-state index in [0.717, 1.165) is 37.3 Å². The van der Waals surface area contributed by atoms with Crippen molar-refractivity contribution < 1.29 is 9.53 Å². The van der Waals surface area contributed by atoms with Crippen molar-refractivity contribution in [3.63, 3.8) is 0 Å². The van der Waals surface area contributed by atoms with Crippen molar-refractivity contribution in [1.82, 2.24) is 14.8 Å². The Bertz CT molecular complexity index is 779. The Morgan fingerprint density at radius 3 is 2.79 bits per heavy atom. The summed E-state index contributed by atoms with van der Waals surface area (Å²) in [4.78, 5) is 26.7. The summed E-state index contributed by atoms with van der Waals surface area (Å²) in [7, 11) is 0. The highest BCUT2D eigenvalue weighted by atomic mass is 16.5. The minimum atomic E-state index is -0.0661. The van der Waals surface area contributed by atoms with Crippen molar-refractivity contribution in [3.05, 3.63) is 40.8 Å². The number of hydrogen-bond donors (Lipinski definition) is 1. The summed E-state index contributed by atoms with van der Waals surface area (Å²) in [6.45, 7) is 6.09. The summed E-state index contributed by atoms with van der Waals surface area (Å²) in [6.07, 6.45) is 2.11. The number of nitrogens with one attached hydrogen (secondary N) is 1. The Hall–Kier alpha value is -2.34. The molecule has 6 heteroatoms. The maximum absolute atomic E-state index is 12.6. The van der Waals surface area contributed by atoms with E-state index < -0.39 is 0 Å². The monoisotopic (exact) mass is 329 g/mol. The summed E-state index contributed by atoms with van der Waals surface area (Å²) < 4.78 is 7.08. The predicted octanol–water partition coefficient (Wildman–Crippen LogP) is 1.22. The number of pyridine rings is 1. The van der Waals surface area contributed by atoms with Crippen molar-refractivity contribution >= 4 is 16.7 Å². The van der Waals surface area contributed by atoms with Crippen LogP contribution in [0.5, 0.6) is 5.75 Å². The maximum Gasteiger partial charge on any atom is 0.258 e. The van der Waals surface area contributed by atoms with Gasteiger partial charge in [0.2, 0.25) is 5.91 Å². The van der Waals surface area contributed by atoms with E-state index in [-0.39, 0.29) is 11.5 Å². The minimum Gasteiger partial charge on any atom is -0.494 e. The van der Waals surface area contributed by atoms with Gasteiger partial charge in [0.05, 0.1) is 6.61 Å². The third-order valence-electron chi connectivity index (χ3n) is 4.30. The molecule has 1 N–H and O–H groups in total. The lowest BCUT2D eigenvalue weighted by molar-refractivity contribution is -0.132. The minimum absolute atomic E-state index is 0.0661. The summed E-state index contributed by atoms with van der Waals surface area (Å²) in [5, 5.41) is 4.73. The number of aryl methyl sites for hydroxylation is 1. The van der Waals surface area contributed by atoms with Gasteiger partial charge < -0.3 is 19.5 Å². The zero-order chi connectivity index (χ0) is 16.9. The van der Waals surface area contributed by atoms with Gasteiger partial charge >= 0.3 is 0 Å². The molecule has 0 aliphatic carbocycles. The summed E-state index contributed by atoms with van der Waals surface area (Å²) in [5.74, 6) is 0.867. The second-order valence-electron chi connectivity index (χ2n) is 5.88. The molecule has 0 bridgehead atoms. The Labute approximate surface area is 141 Å². The molecule has 0 atom stereocenters. The van der Waals surface area contributed by atoms with Gasteiger partial charge in [-0.05, 0) is 36.6 Å². The second kappa shape index (κ2) is 7.49. The highest BCUT2D eigenvalue weighted by Gasteiger charge is 2.16. The van der Waals surface area contributed by atoms with Gasteiger partial charge in [-0.15, -0.1) is 0 Å². The SMILES string of the molecule is CCOc1ccc2c(=O)n(CCC(=O)N3CCNCC3)ccc2c1. The number of carbonyl (C=O) groups excluding carboxylic acids is 1. The number of amides is 1. The van der Waals surface area contributed by atoms with Crippen LogP contribution in [0.15, 0.2) is 35.3 Å². The van der Waals surface area contributed by atoms with Crippen LogP contribution < -0.4 is 15.6 Å². The van der Waals surface area contributed by atoms with Gasteiger partial charge in [0, 0.05) is 50.7 Å². The normalized spacial score (nSPS) is 14.8. The van der Waals surface area contributed by atoms with Crippen LogP contribution in [-0.2, 0) is 11.3 Å². The molecule has 1 fully saturated rings. The van der Waals surface area contributed by atoms with Crippen LogP contribution in [0.2, 0.25) is 0 Å². The Kier molecular flexibility index (Phi) is 5.15. The van der Waals surface area contributed by atoms with E-state index in [2.05, 4.69) is 5.32 Å². The van der Waals surface area contributed by atoms with Gasteiger partial charge in [-0.3, -0.25) is 9.59 Å². The molecule has 1 aromatic carbocycles. The molecule has 2 heterocycles. The molecule has 0 unspecified atom stereocenters. The molecule has 0 saturated carbocycles. The number of nitrogens with zero attached hydrogens (tertiary/aromatic N) is 2. The Morgan fingerprint density at radius 2 is 2.04 bits per heavy atom. The van der Waals surface area contributed by atoms with E-state index in [4.69, 9.17) is 4.74 Å². The average molecular weight is 329 g/mol. The van der Waals surface area contributed by atoms with Crippen molar-refractivity contribution in [3.8, 4) is 5.75 Å². The number of benzene rings is 1. The molecule has 3 rings (SSSR count). The van der Waals surface area contributed by atoms with Crippen LogP contribution in [0.4, 0.5) is 0 Å². The van der Waals surface area contributed by atoms with Gasteiger partial charge in [0.15, 0.2) is 0 Å². The molecule has 1 amide bonds. The molecule has 2 aromatic rings. The fourth-order valence-corrected chi connectivity index (χ4v) is 2.99. The molecule has 0 spiro atoms. The Morgan fingerprint density at radius 1 is 1.25 bits per heavy atom. The van der Waals surface area contributed by atoms with Crippen molar-refractivity contribution in [2.45, 2.75) is 19.9 Å². The van der Waals surface area contributed by atoms with E-state index in [1.165, 1.54) is 0 Å². The zero-order valence-corrected chi connectivity index (χ0v) is 14.0. The highest BCUT2D eigenvalue weighted by Crippen LogP contribution is 2.18. The van der Waals surface area contributed by atoms with Crippen molar-refractivity contribution in [2.75, 3.05) is 32.8 Å². The van der Waals surface area contributed by atoms with Gasteiger partial charge in [-0.1, -0.05) is 0 Å². The smallest absolute Gasteiger partial charge is 0.258 e. The van der Waals surface area contributed by atoms with Gasteiger partial charge in [-0.2, -0.15) is 0 Å². The number of rotatable bonds is 5. The van der Waals surface area contributed by atoms with Crippen LogP contribution >= 0.6 is 0 Å². The number of ether oxygens (including phenoxy) is 1. The predicted molar refractivity (Wildman–Crippen MR) is 93.4 cm³/mol. The first-order valence-corrected chi connectivity index (χ1v) is 8.43. The number of fused-ring (bicyclic) bond motifs is 1. The summed E-state index contributed by atoms with van der Waals surface area (Å²) in [5.41, 5.74) is -0.0661. The zero-order valence-electron chi connectivity index (χ0n) is 14.0. The lowest BCUT2D eigenvalue weighted by atomic mass is 10.1. The average Bonchev–Trinajstić information content (AvgIpc) is 2.62. The van der Waals surface area contributed by atoms with E-state index in [1.54, 1.807) is 16.8 Å². The quantitative estimate of drug-likeness (QED) is 0.896. The number of aromatic nitrogens is 1. The standard InChI is InChI=1S/C18H23N3O3/c1-2-24-15-3-4-16-14(13-15)5-9-21(18(16)23)10-6-17(22)20-11-7-19-8-12-20/h3-5,9,13,19H,2,6-8,10-12H2,1H3. The largest absolute Gasteiger partial charge is 0.494 e. The molecule has 1 saturated heterocycles. The van der Waals surface area contributed by atoms with Gasteiger partial charge in [0.1, 0.15) is 5.75 Å². The molecule has 1 aliphatic rings. The molecule has 24 heavy (non-hydrogen) atoms. The molecular weight excluding hydrogens is 306 g/mol. The maximum atomic E-state index is 12.6. The lowest BCUT2D eigenvalue weighted by Gasteiger charge is -2.27. The molecular formula is C18H23N3O3. The van der Waals surface area contributed by atoms with Crippen LogP contribution in [0.3, 0.4) is 0 Å². The number of hydrogen-bond acceptors (Lipinski definition) is 4. The molecule has 6 nitrogen and oxygen atoms in total. The third-order valence-corrected chi connectivity index (χ3v) is 4.30.